The minimum Gasteiger partial charge on any atom is -0.463 e. The van der Waals surface area contributed by atoms with Crippen LogP contribution >= 0.6 is 0 Å². The molecular formula is C56H62N4O20. The van der Waals surface area contributed by atoms with Crippen molar-refractivity contribution in [1.82, 2.24) is 9.97 Å². The maximum Gasteiger partial charge on any atom is 0.303 e. The van der Waals surface area contributed by atoms with Crippen molar-refractivity contribution in [3.8, 4) is 33.9 Å². The molecule has 4 aromatic rings. The number of hydrogen-bond donors (Lipinski definition) is 0. The molecule has 0 amide bonds. The Morgan fingerprint density at radius 2 is 0.750 bits per heavy atom. The van der Waals surface area contributed by atoms with Crippen LogP contribution in [0.4, 0.5) is 0 Å². The summed E-state index contributed by atoms with van der Waals surface area (Å²) >= 11 is 0. The SMILES string of the molecule is CC(=O)OC[C@H]1O[C@@H](OCCN=Cc2cccc(-c3cccc(-c4cccc(-c5cccc(C=NCCO[C@@H]6O[C@H](COC(C)=O)[C@H](OC(C)=O)[C@H](OC(C)=O)[C@H]6OC(C)=O)c5)n4)n3)c2)[C@H](OC(C)=O)[C@@H](OC(C)=O)[C@H]1OC(C)=O. The first kappa shape index (κ1) is 60.9. The molecule has 0 N–H and O–H groups in total. The highest BCUT2D eigenvalue weighted by Gasteiger charge is 2.54. The van der Waals surface area contributed by atoms with Gasteiger partial charge in [0.25, 0.3) is 0 Å². The fourth-order valence-electron chi connectivity index (χ4n) is 8.46. The van der Waals surface area contributed by atoms with Crippen LogP contribution in [-0.4, -0.2) is 171 Å². The van der Waals surface area contributed by atoms with E-state index in [-0.39, 0.29) is 39.5 Å². The summed E-state index contributed by atoms with van der Waals surface area (Å²) in [4.78, 5) is 115. The molecule has 0 spiro atoms. The first-order chi connectivity index (χ1) is 38.2. The maximum absolute atomic E-state index is 12.2. The Bertz CT molecular complexity index is 2720. The molecule has 10 atom stereocenters. The fourth-order valence-corrected chi connectivity index (χ4v) is 8.46. The molecule has 0 unspecified atom stereocenters. The number of carbonyl (C=O) groups is 8. The summed E-state index contributed by atoms with van der Waals surface area (Å²) in [7, 11) is 0. The van der Waals surface area contributed by atoms with Crippen LogP contribution in [0.5, 0.6) is 0 Å². The predicted molar refractivity (Wildman–Crippen MR) is 279 cm³/mol. The molecule has 24 nitrogen and oxygen atoms in total. The van der Waals surface area contributed by atoms with Crippen molar-refractivity contribution in [3.63, 3.8) is 0 Å². The van der Waals surface area contributed by atoms with Crippen molar-refractivity contribution in [2.75, 3.05) is 39.5 Å². The third kappa shape index (κ3) is 18.4. The zero-order valence-electron chi connectivity index (χ0n) is 45.2. The number of aromatic nitrogens is 2. The van der Waals surface area contributed by atoms with Crippen LogP contribution in [0, 0.1) is 0 Å². The van der Waals surface area contributed by atoms with Gasteiger partial charge in [0, 0.05) is 78.9 Å². The van der Waals surface area contributed by atoms with E-state index in [1.165, 1.54) is 13.8 Å². The summed E-state index contributed by atoms with van der Waals surface area (Å²) < 4.78 is 66.9. The van der Waals surface area contributed by atoms with Gasteiger partial charge < -0.3 is 56.8 Å². The molecule has 0 aliphatic carbocycles. The molecule has 0 bridgehead atoms. The average Bonchev–Trinajstić information content (AvgIpc) is 3.44. The van der Waals surface area contributed by atoms with Gasteiger partial charge >= 0.3 is 47.8 Å². The van der Waals surface area contributed by atoms with Crippen LogP contribution in [0.25, 0.3) is 33.9 Å². The number of rotatable bonds is 23. The van der Waals surface area contributed by atoms with E-state index in [9.17, 15) is 38.4 Å². The molecule has 2 aliphatic rings. The van der Waals surface area contributed by atoms with Gasteiger partial charge in [-0.3, -0.25) is 48.3 Å². The molecule has 2 saturated heterocycles. The maximum atomic E-state index is 12.2. The monoisotopic (exact) mass is 1110 g/mol. The molecule has 2 fully saturated rings. The highest BCUT2D eigenvalue weighted by Crippen LogP contribution is 2.32. The Balaban J connectivity index is 1.09. The van der Waals surface area contributed by atoms with Crippen molar-refractivity contribution in [3.05, 3.63) is 96.1 Å². The van der Waals surface area contributed by atoms with Gasteiger partial charge in [-0.2, -0.15) is 0 Å². The number of pyridine rings is 2. The zero-order chi connectivity index (χ0) is 57.9. The van der Waals surface area contributed by atoms with Gasteiger partial charge in [-0.05, 0) is 47.5 Å². The van der Waals surface area contributed by atoms with Gasteiger partial charge in [-0.15, -0.1) is 0 Å². The lowest BCUT2D eigenvalue weighted by Gasteiger charge is -2.44. The molecule has 426 valence electrons. The van der Waals surface area contributed by atoms with E-state index in [4.69, 9.17) is 66.8 Å². The number of benzene rings is 2. The van der Waals surface area contributed by atoms with Gasteiger partial charge in [-0.25, -0.2) is 9.97 Å². The second kappa shape index (κ2) is 29.6. The van der Waals surface area contributed by atoms with E-state index in [0.29, 0.717) is 22.8 Å². The average molecular weight is 1110 g/mol. The highest BCUT2D eigenvalue weighted by atomic mass is 16.7. The van der Waals surface area contributed by atoms with Crippen LogP contribution in [0.15, 0.2) is 94.9 Å². The smallest absolute Gasteiger partial charge is 0.303 e. The molecule has 4 heterocycles. The Morgan fingerprint density at radius 1 is 0.425 bits per heavy atom. The normalized spacial score (nSPS) is 22.6. The second-order valence-corrected chi connectivity index (χ2v) is 18.0. The molecule has 6 rings (SSSR count). The number of carbonyl (C=O) groups excluding carboxylic acids is 8. The van der Waals surface area contributed by atoms with E-state index in [2.05, 4.69) is 9.98 Å². The molecule has 2 aromatic heterocycles. The summed E-state index contributed by atoms with van der Waals surface area (Å²) in [5.74, 6) is -5.79. The minimum absolute atomic E-state index is 0.0553. The van der Waals surface area contributed by atoms with Gasteiger partial charge in [0.1, 0.15) is 25.4 Å². The Labute approximate surface area is 460 Å². The first-order valence-electron chi connectivity index (χ1n) is 25.2. The lowest BCUT2D eigenvalue weighted by molar-refractivity contribution is -0.307. The molecule has 80 heavy (non-hydrogen) atoms. The predicted octanol–water partition coefficient (Wildman–Crippen LogP) is 4.51. The Morgan fingerprint density at radius 3 is 1.10 bits per heavy atom. The minimum atomic E-state index is -1.36. The summed E-state index contributed by atoms with van der Waals surface area (Å²) in [5.41, 5.74) is 5.70. The molecule has 0 radical (unpaired) electrons. The Hall–Kier alpha value is -8.32. The first-order valence-corrected chi connectivity index (χ1v) is 25.2. The van der Waals surface area contributed by atoms with E-state index >= 15 is 0 Å². The number of nitrogens with zero attached hydrogens (tertiary/aromatic N) is 4. The van der Waals surface area contributed by atoms with Crippen LogP contribution in [0.2, 0.25) is 0 Å². The number of ether oxygens (including phenoxy) is 12. The van der Waals surface area contributed by atoms with Gasteiger partial charge in [-0.1, -0.05) is 48.5 Å². The lowest BCUT2D eigenvalue weighted by Crippen LogP contribution is -2.63. The van der Waals surface area contributed by atoms with E-state index < -0.39 is 109 Å². The van der Waals surface area contributed by atoms with Crippen LogP contribution < -0.4 is 0 Å². The third-order valence-corrected chi connectivity index (χ3v) is 11.5. The second-order valence-electron chi connectivity index (χ2n) is 18.0. The van der Waals surface area contributed by atoms with E-state index in [1.807, 2.05) is 84.9 Å². The molecule has 24 heteroatoms. The Kier molecular flexibility index (Phi) is 22.5. The number of aliphatic imine (C=N–C) groups is 2. The standard InChI is InChI=1S/C56H62N4O20/c1-31(61)71-29-47-49(73-33(3)63)51(75-35(5)65)53(77-37(7)67)55(79-47)69-23-21-57-27-39-13-9-15-41(25-39)43-17-11-19-45(59-43)46-20-12-18-44(60-46)42-16-10-14-40(26-42)28-58-22-24-70-56-54(78-38(8)68)52(76-36(6)66)50(74-34(4)64)48(80-56)30-72-32(2)62/h9-20,25-28,47-56H,21-24,29-30H2,1-8H3/t47-,48-,49+,50+,51+,52+,53-,54-,55-,56-/m1/s1. The number of esters is 8. The number of hydrogen-bond acceptors (Lipinski definition) is 24. The van der Waals surface area contributed by atoms with E-state index in [1.54, 1.807) is 12.4 Å². The summed E-state index contributed by atoms with van der Waals surface area (Å²) in [5, 5.41) is 0. The third-order valence-electron chi connectivity index (χ3n) is 11.5. The molecule has 2 aromatic carbocycles. The van der Waals surface area contributed by atoms with Gasteiger partial charge in [0.2, 0.25) is 0 Å². The van der Waals surface area contributed by atoms with Crippen LogP contribution in [-0.2, 0) is 95.2 Å². The van der Waals surface area contributed by atoms with Gasteiger partial charge in [0.05, 0.1) is 49.1 Å². The fraction of sp³-hybridized carbons (Fsp3) is 0.429. The van der Waals surface area contributed by atoms with Gasteiger partial charge in [0.15, 0.2) is 49.2 Å². The zero-order valence-corrected chi connectivity index (χ0v) is 45.2. The van der Waals surface area contributed by atoms with E-state index in [0.717, 1.165) is 63.8 Å². The summed E-state index contributed by atoms with van der Waals surface area (Å²) in [6.07, 6.45) is -9.73. The molecular weight excluding hydrogens is 1050 g/mol. The van der Waals surface area contributed by atoms with Crippen molar-refractivity contribution in [2.45, 2.75) is 117 Å². The topological polar surface area (TPSA) is 298 Å². The highest BCUT2D eigenvalue weighted by molar-refractivity contribution is 5.83. The summed E-state index contributed by atoms with van der Waals surface area (Å²) in [6.45, 7) is 8.53. The van der Waals surface area contributed by atoms with Crippen molar-refractivity contribution >= 4 is 60.2 Å². The van der Waals surface area contributed by atoms with Crippen LogP contribution in [0.3, 0.4) is 0 Å². The largest absolute Gasteiger partial charge is 0.463 e. The molecule has 0 saturated carbocycles. The van der Waals surface area contributed by atoms with Crippen molar-refractivity contribution in [2.24, 2.45) is 9.98 Å². The van der Waals surface area contributed by atoms with Crippen LogP contribution in [0.1, 0.15) is 66.5 Å². The lowest BCUT2D eigenvalue weighted by atomic mass is 9.98. The summed E-state index contributed by atoms with van der Waals surface area (Å²) in [6, 6.07) is 26.3. The molecule has 2 aliphatic heterocycles. The quantitative estimate of drug-likeness (QED) is 0.0427. The van der Waals surface area contributed by atoms with Crippen molar-refractivity contribution in [1.29, 1.82) is 0 Å². The van der Waals surface area contributed by atoms with Crippen molar-refractivity contribution < 1.29 is 95.2 Å².